The third kappa shape index (κ3) is 10.5. The molecule has 0 amide bonds. The van der Waals surface area contributed by atoms with Crippen molar-refractivity contribution in [2.75, 3.05) is 0 Å². The Morgan fingerprint density at radius 3 is 1.11 bits per heavy atom. The molecule has 0 spiro atoms. The fourth-order valence-corrected chi connectivity index (χ4v) is 72.2. The first-order valence-electron chi connectivity index (χ1n) is 2.79. The summed E-state index contributed by atoms with van der Waals surface area (Å²) in [6, 6.07) is 0. The number of rotatable bonds is 2. The van der Waals surface area contributed by atoms with E-state index in [0.717, 1.165) is 0 Å². The molecule has 0 bridgehead atoms. The van der Waals surface area contributed by atoms with Gasteiger partial charge in [0.25, 0.3) is 0 Å². The van der Waals surface area contributed by atoms with E-state index < -0.39 is 33.1 Å². The van der Waals surface area contributed by atoms with Crippen LogP contribution in [-0.4, -0.2) is 33.1 Å². The van der Waals surface area contributed by atoms with Crippen LogP contribution in [0.5, 0.6) is 0 Å². The van der Waals surface area contributed by atoms with Crippen LogP contribution in [0, 0.1) is 0 Å². The second-order valence-corrected chi connectivity index (χ2v) is 48.5. The predicted octanol–water partition coefficient (Wildman–Crippen LogP) is 3.20. The Labute approximate surface area is 78.3 Å². The zero-order chi connectivity index (χ0) is 7.71. The molecule has 0 aliphatic heterocycles. The maximum atomic E-state index is 5.88. The molecule has 0 fully saturated rings. The first-order valence-corrected chi connectivity index (χ1v) is 29.3. The summed E-state index contributed by atoms with van der Waals surface area (Å²) in [7, 11) is 0. The van der Waals surface area contributed by atoms with E-state index in [4.69, 9.17) is 1.41 Å². The van der Waals surface area contributed by atoms with E-state index in [1.807, 2.05) is 0 Å². The Morgan fingerprint density at radius 2 is 1.11 bits per heavy atom. The quantitative estimate of drug-likeness (QED) is 0.560. The standard InChI is InChI=1S/4CH3.2BrH.O.2Sn/h4*1H3;2*1H;;;/q;;;;;;;2*+1/p-2. The van der Waals surface area contributed by atoms with Crippen LogP contribution in [0.3, 0.4) is 0 Å². The zero-order valence-corrected chi connectivity index (χ0v) is 15.0. The van der Waals surface area contributed by atoms with E-state index in [-0.39, 0.29) is 0 Å². The van der Waals surface area contributed by atoms with Crippen LogP contribution in [0.1, 0.15) is 0 Å². The fourth-order valence-electron chi connectivity index (χ4n) is 0.577. The molecule has 0 N–H and O–H groups in total. The first-order chi connectivity index (χ1) is 3.71. The second-order valence-electron chi connectivity index (χ2n) is 2.83. The molecular weight excluding hydrogens is 461 g/mol. The van der Waals surface area contributed by atoms with Gasteiger partial charge in [0.15, 0.2) is 0 Å². The monoisotopic (exact) mass is 474 g/mol. The predicted molar refractivity (Wildman–Crippen MR) is 53.9 cm³/mol. The molecular formula is C4H12Br2OSn2. The van der Waals surface area contributed by atoms with Gasteiger partial charge in [-0.1, -0.05) is 0 Å². The molecule has 0 unspecified atom stereocenters. The van der Waals surface area contributed by atoms with Crippen LogP contribution in [0.4, 0.5) is 0 Å². The summed E-state index contributed by atoms with van der Waals surface area (Å²) in [5.41, 5.74) is 0. The summed E-state index contributed by atoms with van der Waals surface area (Å²) in [5.74, 6) is 0. The Kier molecular flexibility index (Phi) is 5.06. The molecule has 0 aromatic rings. The Hall–Kier alpha value is 2.52. The summed E-state index contributed by atoms with van der Waals surface area (Å²) in [6.07, 6.45) is 0. The van der Waals surface area contributed by atoms with Gasteiger partial charge in [-0.15, -0.1) is 0 Å². The van der Waals surface area contributed by atoms with Gasteiger partial charge < -0.3 is 0 Å². The SMILES string of the molecule is [CH3][Sn]([CH3])([Br])[O][Sn]([CH3])([CH3])[Br]. The van der Waals surface area contributed by atoms with E-state index in [1.165, 1.54) is 0 Å². The molecule has 0 aliphatic rings. The first kappa shape index (κ1) is 11.5. The van der Waals surface area contributed by atoms with E-state index in [9.17, 15) is 0 Å². The molecule has 0 saturated carbocycles. The fraction of sp³-hybridized carbons (Fsp3) is 1.00. The summed E-state index contributed by atoms with van der Waals surface area (Å²) in [6.45, 7) is 0. The molecule has 0 radical (unpaired) electrons. The van der Waals surface area contributed by atoms with E-state index in [1.54, 1.807) is 0 Å². The number of hydrogen-bond donors (Lipinski definition) is 0. The van der Waals surface area contributed by atoms with Crippen LogP contribution < -0.4 is 0 Å². The van der Waals surface area contributed by atoms with Crippen molar-refractivity contribution < 1.29 is 1.41 Å². The van der Waals surface area contributed by atoms with Gasteiger partial charge in [-0.2, -0.15) is 0 Å². The van der Waals surface area contributed by atoms with Gasteiger partial charge in [0.1, 0.15) is 0 Å². The molecule has 1 nitrogen and oxygen atoms in total. The van der Waals surface area contributed by atoms with Gasteiger partial charge in [0, 0.05) is 0 Å². The topological polar surface area (TPSA) is 9.23 Å². The van der Waals surface area contributed by atoms with Crippen molar-refractivity contribution in [3.05, 3.63) is 0 Å². The van der Waals surface area contributed by atoms with Crippen molar-refractivity contribution >= 4 is 58.5 Å². The maximum absolute atomic E-state index is 5.88. The molecule has 0 saturated heterocycles. The minimum atomic E-state index is -2.09. The zero-order valence-electron chi connectivity index (χ0n) is 6.16. The van der Waals surface area contributed by atoms with Gasteiger partial charge in [0.05, 0.1) is 0 Å². The van der Waals surface area contributed by atoms with Crippen LogP contribution in [-0.2, 0) is 1.41 Å². The molecule has 0 aromatic carbocycles. The summed E-state index contributed by atoms with van der Waals surface area (Å²) >= 11 is 3.07. The molecule has 0 rings (SSSR count). The summed E-state index contributed by atoms with van der Waals surface area (Å²) < 4.78 is 5.88. The second kappa shape index (κ2) is 3.96. The van der Waals surface area contributed by atoms with Crippen LogP contribution in [0.15, 0.2) is 0 Å². The number of halogens is 2. The van der Waals surface area contributed by atoms with Crippen LogP contribution in [0.25, 0.3) is 0 Å². The van der Waals surface area contributed by atoms with E-state index in [0.29, 0.717) is 0 Å². The Balaban J connectivity index is 3.75. The Bertz CT molecular complexity index is 81.7. The summed E-state index contributed by atoms with van der Waals surface area (Å²) in [4.78, 5) is 8.87. The average molecular weight is 473 g/mol. The molecule has 5 heteroatoms. The van der Waals surface area contributed by atoms with Crippen LogP contribution in [0.2, 0.25) is 19.8 Å². The average Bonchev–Trinajstić information content (AvgIpc) is 1.14. The van der Waals surface area contributed by atoms with Crippen molar-refractivity contribution in [2.45, 2.75) is 19.8 Å². The van der Waals surface area contributed by atoms with Crippen molar-refractivity contribution in [3.8, 4) is 0 Å². The van der Waals surface area contributed by atoms with Gasteiger partial charge in [0.2, 0.25) is 0 Å². The van der Waals surface area contributed by atoms with Crippen molar-refractivity contribution in [2.24, 2.45) is 0 Å². The van der Waals surface area contributed by atoms with E-state index in [2.05, 4.69) is 45.2 Å². The van der Waals surface area contributed by atoms with Gasteiger partial charge in [-0.05, 0) is 0 Å². The molecule has 56 valence electrons. The van der Waals surface area contributed by atoms with Gasteiger partial charge in [-0.3, -0.25) is 0 Å². The third-order valence-electron chi connectivity index (χ3n) is 0.485. The third-order valence-corrected chi connectivity index (χ3v) is 36.4. The van der Waals surface area contributed by atoms with Gasteiger partial charge >= 0.3 is 79.7 Å². The van der Waals surface area contributed by atoms with Crippen molar-refractivity contribution in [1.82, 2.24) is 0 Å². The molecule has 0 atom stereocenters. The van der Waals surface area contributed by atoms with Gasteiger partial charge in [-0.25, -0.2) is 0 Å². The van der Waals surface area contributed by atoms with Crippen molar-refractivity contribution in [1.29, 1.82) is 0 Å². The number of hydrogen-bond acceptors (Lipinski definition) is 1. The minimum absolute atomic E-state index is 2.09. The molecule has 0 aliphatic carbocycles. The molecule has 9 heavy (non-hydrogen) atoms. The van der Waals surface area contributed by atoms with Crippen molar-refractivity contribution in [3.63, 3.8) is 0 Å². The molecule has 0 heterocycles. The molecule has 0 aromatic heterocycles. The summed E-state index contributed by atoms with van der Waals surface area (Å²) in [5, 5.41) is 0. The Morgan fingerprint density at radius 1 is 0.889 bits per heavy atom. The van der Waals surface area contributed by atoms with Crippen LogP contribution >= 0.6 is 25.4 Å². The van der Waals surface area contributed by atoms with E-state index >= 15 is 0 Å². The normalized spacial score (nSPS) is 14.0.